The fourth-order valence-electron chi connectivity index (χ4n) is 2.30. The number of piperidine rings is 1. The number of nitrogens with zero attached hydrogens (tertiary/aromatic N) is 3. The summed E-state index contributed by atoms with van der Waals surface area (Å²) in [5.74, 6) is 0.0230. The first-order valence-electron chi connectivity index (χ1n) is 6.89. The first-order chi connectivity index (χ1) is 9.72. The summed E-state index contributed by atoms with van der Waals surface area (Å²) in [6.45, 7) is 2.93. The van der Waals surface area contributed by atoms with E-state index in [0.29, 0.717) is 19.0 Å². The van der Waals surface area contributed by atoms with Gasteiger partial charge in [0, 0.05) is 32.1 Å². The molecule has 1 fully saturated rings. The number of nitrogens with two attached hydrogens (primary N) is 2. The van der Waals surface area contributed by atoms with E-state index in [1.165, 1.54) is 6.20 Å². The van der Waals surface area contributed by atoms with Crippen LogP contribution in [-0.2, 0) is 4.74 Å². The molecule has 110 valence electrons. The van der Waals surface area contributed by atoms with Gasteiger partial charge in [-0.15, -0.1) is 0 Å². The molecule has 0 bridgehead atoms. The van der Waals surface area contributed by atoms with Crippen LogP contribution in [0.3, 0.4) is 0 Å². The number of carbonyl (C=O) groups excluding carboxylic acids is 1. The smallest absolute Gasteiger partial charge is 0.271 e. The van der Waals surface area contributed by atoms with Gasteiger partial charge in [-0.2, -0.15) is 0 Å². The molecule has 1 saturated heterocycles. The summed E-state index contributed by atoms with van der Waals surface area (Å²) in [6.07, 6.45) is 6.00. The van der Waals surface area contributed by atoms with Crippen LogP contribution in [0, 0.1) is 0 Å². The minimum absolute atomic E-state index is 0.231. The predicted octanol–water partition coefficient (Wildman–Crippen LogP) is -0.0903. The van der Waals surface area contributed by atoms with Gasteiger partial charge in [-0.25, -0.2) is 9.97 Å². The van der Waals surface area contributed by atoms with Gasteiger partial charge in [-0.3, -0.25) is 4.79 Å². The van der Waals surface area contributed by atoms with Gasteiger partial charge >= 0.3 is 0 Å². The van der Waals surface area contributed by atoms with Gasteiger partial charge in [0.2, 0.25) is 0 Å². The number of ether oxygens (including phenoxy) is 1. The Morgan fingerprint density at radius 1 is 1.35 bits per heavy atom. The molecule has 0 atom stereocenters. The average molecular weight is 279 g/mol. The summed E-state index contributed by atoms with van der Waals surface area (Å²) in [5.41, 5.74) is 11.0. The van der Waals surface area contributed by atoms with Crippen LogP contribution < -0.4 is 16.4 Å². The van der Waals surface area contributed by atoms with Crippen LogP contribution in [0.15, 0.2) is 12.4 Å². The lowest BCUT2D eigenvalue weighted by Gasteiger charge is -2.33. The van der Waals surface area contributed by atoms with E-state index in [1.807, 2.05) is 4.90 Å². The summed E-state index contributed by atoms with van der Waals surface area (Å²) in [7, 11) is 0. The number of amides is 1. The van der Waals surface area contributed by atoms with E-state index in [2.05, 4.69) is 9.97 Å². The molecule has 0 unspecified atom stereocenters. The quantitative estimate of drug-likeness (QED) is 0.705. The second kappa shape index (κ2) is 7.16. The third kappa shape index (κ3) is 3.64. The predicted molar refractivity (Wildman–Crippen MR) is 75.4 cm³/mol. The highest BCUT2D eigenvalue weighted by Crippen LogP contribution is 2.21. The first kappa shape index (κ1) is 14.7. The highest BCUT2D eigenvalue weighted by Gasteiger charge is 2.24. The first-order valence-corrected chi connectivity index (χ1v) is 6.89. The van der Waals surface area contributed by atoms with Gasteiger partial charge in [0.15, 0.2) is 11.5 Å². The zero-order valence-electron chi connectivity index (χ0n) is 11.5. The third-order valence-electron chi connectivity index (χ3n) is 3.36. The zero-order valence-corrected chi connectivity index (χ0v) is 11.5. The van der Waals surface area contributed by atoms with E-state index in [4.69, 9.17) is 16.2 Å². The van der Waals surface area contributed by atoms with E-state index in [9.17, 15) is 4.79 Å². The van der Waals surface area contributed by atoms with Crippen molar-refractivity contribution in [2.75, 3.05) is 31.1 Å². The van der Waals surface area contributed by atoms with Gasteiger partial charge in [0.1, 0.15) is 0 Å². The van der Waals surface area contributed by atoms with Gasteiger partial charge in [-0.05, 0) is 25.8 Å². The molecule has 1 aliphatic heterocycles. The fraction of sp³-hybridized carbons (Fsp3) is 0.615. The minimum Gasteiger partial charge on any atom is -0.378 e. The molecule has 1 aromatic heterocycles. The zero-order chi connectivity index (χ0) is 14.4. The molecule has 1 aliphatic rings. The van der Waals surface area contributed by atoms with Crippen molar-refractivity contribution in [3.05, 3.63) is 18.1 Å². The molecule has 2 heterocycles. The maximum Gasteiger partial charge on any atom is 0.271 e. The molecular weight excluding hydrogens is 258 g/mol. The van der Waals surface area contributed by atoms with Gasteiger partial charge in [0.05, 0.1) is 6.10 Å². The van der Waals surface area contributed by atoms with Crippen molar-refractivity contribution in [2.45, 2.75) is 25.4 Å². The standard InChI is InChI=1S/C13H21N5O2/c14-4-1-9-20-10-2-7-18(8-3-10)13-11(12(15)19)16-5-6-17-13/h5-6,10H,1-4,7-9,14H2,(H2,15,19). The largest absolute Gasteiger partial charge is 0.378 e. The van der Waals surface area contributed by atoms with E-state index in [0.717, 1.165) is 32.4 Å². The van der Waals surface area contributed by atoms with Crippen molar-refractivity contribution in [1.29, 1.82) is 0 Å². The van der Waals surface area contributed by atoms with Gasteiger partial charge < -0.3 is 21.1 Å². The number of carbonyl (C=O) groups is 1. The van der Waals surface area contributed by atoms with Gasteiger partial charge in [-0.1, -0.05) is 0 Å². The Morgan fingerprint density at radius 3 is 2.70 bits per heavy atom. The fourth-order valence-corrected chi connectivity index (χ4v) is 2.30. The summed E-state index contributed by atoms with van der Waals surface area (Å²) in [5, 5.41) is 0. The Balaban J connectivity index is 1.92. The molecule has 7 nitrogen and oxygen atoms in total. The molecule has 1 amide bonds. The van der Waals surface area contributed by atoms with Crippen LogP contribution in [0.4, 0.5) is 5.82 Å². The van der Waals surface area contributed by atoms with Crippen LogP contribution in [0.5, 0.6) is 0 Å². The lowest BCUT2D eigenvalue weighted by Crippen LogP contribution is -2.39. The summed E-state index contributed by atoms with van der Waals surface area (Å²) < 4.78 is 5.75. The number of primary amides is 1. The second-order valence-electron chi connectivity index (χ2n) is 4.79. The van der Waals surface area contributed by atoms with Crippen molar-refractivity contribution >= 4 is 11.7 Å². The third-order valence-corrected chi connectivity index (χ3v) is 3.36. The Kier molecular flexibility index (Phi) is 5.25. The van der Waals surface area contributed by atoms with Crippen molar-refractivity contribution < 1.29 is 9.53 Å². The van der Waals surface area contributed by atoms with E-state index < -0.39 is 5.91 Å². The van der Waals surface area contributed by atoms with Crippen LogP contribution in [0.2, 0.25) is 0 Å². The number of hydrogen-bond donors (Lipinski definition) is 2. The molecular formula is C13H21N5O2. The van der Waals surface area contributed by atoms with Gasteiger partial charge in [0.25, 0.3) is 5.91 Å². The highest BCUT2D eigenvalue weighted by atomic mass is 16.5. The van der Waals surface area contributed by atoms with E-state index in [1.54, 1.807) is 6.20 Å². The van der Waals surface area contributed by atoms with Crippen molar-refractivity contribution in [3.8, 4) is 0 Å². The van der Waals surface area contributed by atoms with E-state index in [-0.39, 0.29) is 11.8 Å². The topological polar surface area (TPSA) is 107 Å². The highest BCUT2D eigenvalue weighted by molar-refractivity contribution is 5.95. The normalized spacial score (nSPS) is 16.4. The number of anilines is 1. The van der Waals surface area contributed by atoms with Crippen LogP contribution in [0.25, 0.3) is 0 Å². The molecule has 4 N–H and O–H groups in total. The van der Waals surface area contributed by atoms with Crippen molar-refractivity contribution in [3.63, 3.8) is 0 Å². The molecule has 0 saturated carbocycles. The molecule has 1 aromatic rings. The van der Waals surface area contributed by atoms with Crippen LogP contribution in [-0.4, -0.2) is 48.2 Å². The van der Waals surface area contributed by atoms with Crippen LogP contribution in [0.1, 0.15) is 29.8 Å². The summed E-state index contributed by atoms with van der Waals surface area (Å²) >= 11 is 0. The minimum atomic E-state index is -0.547. The molecule has 20 heavy (non-hydrogen) atoms. The maximum absolute atomic E-state index is 11.4. The Hall–Kier alpha value is -1.73. The van der Waals surface area contributed by atoms with Crippen LogP contribution >= 0.6 is 0 Å². The molecule has 0 spiro atoms. The maximum atomic E-state index is 11.4. The van der Waals surface area contributed by atoms with E-state index >= 15 is 0 Å². The molecule has 2 rings (SSSR count). The van der Waals surface area contributed by atoms with Crippen molar-refractivity contribution in [1.82, 2.24) is 9.97 Å². The average Bonchev–Trinajstić information content (AvgIpc) is 2.48. The molecule has 0 radical (unpaired) electrons. The molecule has 0 aliphatic carbocycles. The Bertz CT molecular complexity index is 446. The Morgan fingerprint density at radius 2 is 2.05 bits per heavy atom. The molecule has 0 aromatic carbocycles. The van der Waals surface area contributed by atoms with Crippen molar-refractivity contribution in [2.24, 2.45) is 11.5 Å². The SMILES string of the molecule is NCCCOC1CCN(c2nccnc2C(N)=O)CC1. The summed E-state index contributed by atoms with van der Waals surface area (Å²) in [4.78, 5) is 21.6. The molecule has 7 heteroatoms. The summed E-state index contributed by atoms with van der Waals surface area (Å²) in [6, 6.07) is 0. The second-order valence-corrected chi connectivity index (χ2v) is 4.79. The lowest BCUT2D eigenvalue weighted by molar-refractivity contribution is 0.0365. The number of hydrogen-bond acceptors (Lipinski definition) is 6. The number of aromatic nitrogens is 2. The monoisotopic (exact) mass is 279 g/mol. The Labute approximate surface area is 118 Å². The lowest BCUT2D eigenvalue weighted by atomic mass is 10.1. The number of rotatable bonds is 6.